The monoisotopic (exact) mass is 934 g/mol. The van der Waals surface area contributed by atoms with Crippen molar-refractivity contribution in [1.29, 1.82) is 0 Å². The van der Waals surface area contributed by atoms with E-state index in [1.165, 1.54) is 0 Å². The van der Waals surface area contributed by atoms with Crippen LogP contribution in [0.3, 0.4) is 0 Å². The summed E-state index contributed by atoms with van der Waals surface area (Å²) in [7, 11) is 0. The van der Waals surface area contributed by atoms with Crippen LogP contribution in [0, 0.1) is 6.85 Å². The molecule has 0 saturated carbocycles. The summed E-state index contributed by atoms with van der Waals surface area (Å²) in [4.78, 5) is 9.82. The fourth-order valence-electron chi connectivity index (χ4n) is 8.47. The molecule has 4 heteroatoms. The van der Waals surface area contributed by atoms with E-state index < -0.39 is 114 Å². The van der Waals surface area contributed by atoms with Gasteiger partial charge < -0.3 is 5.11 Å². The maximum atomic E-state index is 12.7. The average molecular weight is 934 g/mol. The maximum absolute atomic E-state index is 12.7. The number of hydrogen-bond acceptors (Lipinski definition) is 3. The van der Waals surface area contributed by atoms with Gasteiger partial charge in [-0.2, -0.15) is 0 Å². The topological polar surface area (TPSA) is 50.9 Å². The van der Waals surface area contributed by atoms with Gasteiger partial charge in [0.1, 0.15) is 11.6 Å². The number of para-hydroxylation sites is 1. The van der Waals surface area contributed by atoms with E-state index in [4.69, 9.17) is 24.2 Å². The summed E-state index contributed by atoms with van der Waals surface area (Å²) in [6, 6.07) is 19.1. The van der Waals surface area contributed by atoms with Crippen LogP contribution in [0.5, 0.6) is 5.75 Å². The average Bonchev–Trinajstić information content (AvgIpc) is 1.00. The van der Waals surface area contributed by atoms with E-state index in [2.05, 4.69) is 39.6 Å². The molecule has 0 aliphatic rings. The molecule has 0 amide bonds. The molecule has 0 unspecified atom stereocenters. The van der Waals surface area contributed by atoms with Crippen LogP contribution in [0.1, 0.15) is 189 Å². The molecule has 8 aromatic rings. The molecule has 69 heavy (non-hydrogen) atoms. The minimum absolute atomic E-state index is 0.0291. The van der Waals surface area contributed by atoms with Crippen LogP contribution in [0.15, 0.2) is 127 Å². The fourth-order valence-corrected chi connectivity index (χ4v) is 8.47. The highest BCUT2D eigenvalue weighted by Gasteiger charge is 2.29. The van der Waals surface area contributed by atoms with E-state index in [1.807, 2.05) is 84.0 Å². The smallest absolute Gasteiger partial charge is 0.149 e. The lowest BCUT2D eigenvalue weighted by Gasteiger charge is -2.27. The third kappa shape index (κ3) is 9.96. The van der Waals surface area contributed by atoms with Gasteiger partial charge in [0, 0.05) is 40.7 Å². The summed E-state index contributed by atoms with van der Waals surface area (Å²) in [5, 5.41) is 12.7. The number of nitrogens with zero attached hydrogens (tertiary/aromatic N) is 3. The van der Waals surface area contributed by atoms with Gasteiger partial charge in [-0.3, -0.25) is 9.55 Å². The highest BCUT2D eigenvalue weighted by molar-refractivity contribution is 5.97. The Kier molecular flexibility index (Phi) is 7.71. The van der Waals surface area contributed by atoms with Crippen LogP contribution in [-0.4, -0.2) is 19.6 Å². The van der Waals surface area contributed by atoms with Gasteiger partial charge in [0.2, 0.25) is 0 Å². The molecule has 0 bridgehead atoms. The summed E-state index contributed by atoms with van der Waals surface area (Å²) in [5.41, 5.74) is -1.18. The molecule has 0 saturated heterocycles. The molecule has 356 valence electrons. The zero-order chi connectivity index (χ0) is 67.1. The lowest BCUT2D eigenvalue weighted by Crippen LogP contribution is -2.17. The number of fused-ring (bicyclic) bond motifs is 1. The van der Waals surface area contributed by atoms with E-state index in [-0.39, 0.29) is 40.0 Å². The largest absolute Gasteiger partial charge is 0.507 e. The lowest BCUT2D eigenvalue weighted by atomic mass is 9.79. The number of aromatic nitrogens is 3. The van der Waals surface area contributed by atoms with Gasteiger partial charge in [-0.15, -0.1) is 0 Å². The molecule has 1 N–H and O–H groups in total. The van der Waals surface area contributed by atoms with Crippen molar-refractivity contribution in [2.24, 2.45) is 0 Å². The quantitative estimate of drug-likeness (QED) is 0.165. The van der Waals surface area contributed by atoms with Crippen molar-refractivity contribution in [2.75, 3.05) is 0 Å². The Morgan fingerprint density at radius 1 is 0.594 bits per heavy atom. The summed E-state index contributed by atoms with van der Waals surface area (Å²) < 4.78 is 177. The number of rotatable bonds is 8. The number of aryl methyl sites for hydroxylation is 1. The molecule has 4 nitrogen and oxygen atoms in total. The molecule has 8 rings (SSSR count). The molecule has 0 aliphatic carbocycles. The molecule has 0 spiro atoms. The predicted molar refractivity (Wildman–Crippen MR) is 295 cm³/mol. The Hall–Kier alpha value is -6.26. The third-order valence-electron chi connectivity index (χ3n) is 12.7. The van der Waals surface area contributed by atoms with Crippen molar-refractivity contribution in [3.05, 3.63) is 166 Å². The second-order valence-electron chi connectivity index (χ2n) is 21.8. The molecular formula is C65H75N3O. The first-order valence-corrected chi connectivity index (χ1v) is 23.3. The van der Waals surface area contributed by atoms with Crippen molar-refractivity contribution in [3.63, 3.8) is 0 Å². The molecule has 0 radical (unpaired) electrons. The van der Waals surface area contributed by atoms with Gasteiger partial charge >= 0.3 is 0 Å². The second-order valence-corrected chi connectivity index (χ2v) is 21.8. The number of hydrogen-bond donors (Lipinski definition) is 1. The highest BCUT2D eigenvalue weighted by atomic mass is 16.3. The first-order chi connectivity index (χ1) is 40.4. The maximum Gasteiger partial charge on any atom is 0.149 e. The standard InChI is InChI=1S/C65H75N3O/c1-39(2)45-30-46(40(3)4)32-47(31-45)43-23-26-57(41(5)29-43)68-58-20-18-19-53(59(58)67-61(68)54-37-52(64(12,13)14)38-55(60(54)69)65(15,16)17)48-33-49(35-51(34-48)63(9,10)11)56-36-44(27-28-66-56)42-21-24-50(25-22-42)62(6,7)8/h18-40,69H,1-17H3/i5D3,6D3,7D3,8D3,21D,22D,24D,25D,27D,28D,36D,39D. The van der Waals surface area contributed by atoms with Crippen molar-refractivity contribution >= 4 is 11.0 Å². The van der Waals surface area contributed by atoms with E-state index >= 15 is 0 Å². The fraction of sp³-hybridized carbons (Fsp3) is 0.354. The van der Waals surface area contributed by atoms with Gasteiger partial charge in [-0.1, -0.05) is 183 Å². The van der Waals surface area contributed by atoms with Crippen molar-refractivity contribution < 1.29 is 32.5 Å². The summed E-state index contributed by atoms with van der Waals surface area (Å²) >= 11 is 0. The van der Waals surface area contributed by atoms with Crippen LogP contribution in [0.25, 0.3) is 72.7 Å². The van der Waals surface area contributed by atoms with E-state index in [0.29, 0.717) is 44.4 Å². The molecule has 6 aromatic carbocycles. The number of phenols is 1. The molecular weight excluding hydrogens is 839 g/mol. The Morgan fingerprint density at radius 2 is 1.28 bits per heavy atom. The van der Waals surface area contributed by atoms with Crippen LogP contribution in [0.2, 0.25) is 0 Å². The molecule has 2 aromatic heterocycles. The lowest BCUT2D eigenvalue weighted by molar-refractivity contribution is 0.446. The van der Waals surface area contributed by atoms with Gasteiger partial charge in [0.05, 0.1) is 37.6 Å². The molecule has 2 heterocycles. The number of aromatic hydroxyl groups is 1. The van der Waals surface area contributed by atoms with Crippen molar-refractivity contribution in [2.45, 2.75) is 151 Å². The number of imidazole rings is 1. The van der Waals surface area contributed by atoms with Crippen LogP contribution < -0.4 is 0 Å². The zero-order valence-electron chi connectivity index (χ0n) is 61.9. The summed E-state index contributed by atoms with van der Waals surface area (Å²) in [6.07, 6.45) is -0.779. The van der Waals surface area contributed by atoms with Crippen LogP contribution in [0.4, 0.5) is 0 Å². The molecule has 0 atom stereocenters. The van der Waals surface area contributed by atoms with E-state index in [9.17, 15) is 13.3 Å². The molecule has 0 aliphatic heterocycles. The van der Waals surface area contributed by atoms with E-state index in [1.54, 1.807) is 60.9 Å². The first kappa shape index (κ1) is 29.7. The normalized spacial score (nSPS) is 17.8. The second kappa shape index (κ2) is 17.9. The summed E-state index contributed by atoms with van der Waals surface area (Å²) in [6.45, 7) is 11.0. The van der Waals surface area contributed by atoms with Crippen LogP contribution in [-0.2, 0) is 21.7 Å². The first-order valence-electron chi connectivity index (χ1n) is 33.3. The minimum Gasteiger partial charge on any atom is -0.507 e. The Morgan fingerprint density at radius 3 is 1.91 bits per heavy atom. The zero-order valence-corrected chi connectivity index (χ0v) is 41.9. The predicted octanol–water partition coefficient (Wildman–Crippen LogP) is 18.2. The Balaban J connectivity index is 1.47. The van der Waals surface area contributed by atoms with Gasteiger partial charge in [-0.25, -0.2) is 4.98 Å². The van der Waals surface area contributed by atoms with Gasteiger partial charge in [0.25, 0.3) is 0 Å². The SMILES string of the molecule is [2H]c1nc(-c2cc(-c3cccc4c3nc(-c3cc(C(C)(C)C)cc(C(C)(C)C)c3O)n4-c3ccc(-c4cc(C(C)C)cc(C([2H])(C)C)c4)cc3C([2H])([2H])[2H])cc(C(C)(C)C)c2)c([2H])c(-c2c([2H])c([2H])c(C(C([2H])([2H])[2H])(C([2H])([2H])[2H])C([2H])([2H])[2H])c([2H])c2[2H])c1[2H]. The van der Waals surface area contributed by atoms with Gasteiger partial charge in [-0.05, 0) is 150 Å². The highest BCUT2D eigenvalue weighted by Crippen LogP contribution is 2.46. The van der Waals surface area contributed by atoms with Crippen LogP contribution >= 0.6 is 0 Å². The van der Waals surface area contributed by atoms with Gasteiger partial charge in [0.15, 0.2) is 0 Å². The van der Waals surface area contributed by atoms with E-state index in [0.717, 1.165) is 22.3 Å². The minimum atomic E-state index is -3.96. The third-order valence-corrected chi connectivity index (χ3v) is 12.7. The number of phenolic OH excluding ortho intramolecular Hbond substituents is 1. The number of benzene rings is 6. The Labute approximate surface area is 442 Å². The van der Waals surface area contributed by atoms with Crippen molar-refractivity contribution in [3.8, 4) is 67.5 Å². The number of pyridine rings is 1. The summed E-state index contributed by atoms with van der Waals surface area (Å²) in [5.74, 6) is -0.743. The van der Waals surface area contributed by atoms with Crippen molar-refractivity contribution in [1.82, 2.24) is 14.5 Å². The molecule has 0 fully saturated rings. The Bertz CT molecular complexity index is 4070.